The van der Waals surface area contributed by atoms with Crippen LogP contribution >= 0.6 is 0 Å². The summed E-state index contributed by atoms with van der Waals surface area (Å²) in [4.78, 5) is 0. The van der Waals surface area contributed by atoms with Crippen LogP contribution in [0.25, 0.3) is 0 Å². The van der Waals surface area contributed by atoms with Gasteiger partial charge in [0.1, 0.15) is 12.4 Å². The SMILES string of the molecule is CCCCCCCCCCOCCOCCOCCOCCOCCOCCOCCOCCOCCOCCOc1ccc(CCCCCCCC)cc1. The zero-order chi connectivity index (χ0) is 39.2. The van der Waals surface area contributed by atoms with Crippen LogP contribution in [0, 0.1) is 0 Å². The smallest absolute Gasteiger partial charge is 0.119 e. The van der Waals surface area contributed by atoms with Crippen LogP contribution in [0.15, 0.2) is 24.3 Å². The van der Waals surface area contributed by atoms with Crippen LogP contribution in [0.2, 0.25) is 0 Å². The topological polar surface area (TPSA) is 102 Å². The average molecular weight is 787 g/mol. The summed E-state index contributed by atoms with van der Waals surface area (Å²) in [5.41, 5.74) is 1.38. The molecule has 0 aliphatic heterocycles. The standard InChI is InChI=1S/C44H82O11/c1-3-5-7-9-11-12-14-16-22-45-23-24-46-25-26-47-27-28-48-29-30-49-31-32-50-33-34-51-35-36-52-37-38-53-39-40-54-41-42-55-44-20-18-43(19-21-44)17-15-13-10-8-6-4-2/h18-21H,3-17,22-42H2,1-2H3. The molecular formula is C44H82O11. The van der Waals surface area contributed by atoms with E-state index in [0.717, 1.165) is 25.2 Å². The summed E-state index contributed by atoms with van der Waals surface area (Å²) in [5.74, 6) is 0.888. The highest BCUT2D eigenvalue weighted by Crippen LogP contribution is 2.15. The fourth-order valence-corrected chi connectivity index (χ4v) is 5.50. The predicted octanol–water partition coefficient (Wildman–Crippen LogP) is 8.28. The Morgan fingerprint density at radius 3 is 0.891 bits per heavy atom. The maximum atomic E-state index is 5.78. The molecule has 11 heteroatoms. The highest BCUT2D eigenvalue weighted by atomic mass is 16.6. The van der Waals surface area contributed by atoms with Crippen LogP contribution in [0.5, 0.6) is 5.75 Å². The van der Waals surface area contributed by atoms with E-state index in [1.165, 1.54) is 89.0 Å². The Bertz CT molecular complexity index is 846. The number of rotatable bonds is 47. The molecule has 0 aliphatic rings. The molecule has 0 N–H and O–H groups in total. The van der Waals surface area contributed by atoms with E-state index < -0.39 is 0 Å². The molecule has 1 rings (SSSR count). The average Bonchev–Trinajstić information content (AvgIpc) is 3.20. The minimum Gasteiger partial charge on any atom is -0.491 e. The van der Waals surface area contributed by atoms with Crippen LogP contribution < -0.4 is 4.74 Å². The minimum atomic E-state index is 0.521. The van der Waals surface area contributed by atoms with Crippen LogP contribution in [-0.4, -0.2) is 139 Å². The summed E-state index contributed by atoms with van der Waals surface area (Å²) in [5, 5.41) is 0. The second kappa shape index (κ2) is 45.3. The van der Waals surface area contributed by atoms with Crippen molar-refractivity contribution in [3.63, 3.8) is 0 Å². The minimum absolute atomic E-state index is 0.521. The third-order valence-electron chi connectivity index (χ3n) is 8.73. The molecular weight excluding hydrogens is 704 g/mol. The molecule has 0 saturated heterocycles. The van der Waals surface area contributed by atoms with Crippen molar-refractivity contribution in [3.8, 4) is 5.75 Å². The Hall–Kier alpha value is -1.38. The van der Waals surface area contributed by atoms with E-state index in [9.17, 15) is 0 Å². The van der Waals surface area contributed by atoms with E-state index in [4.69, 9.17) is 52.1 Å². The van der Waals surface area contributed by atoms with Gasteiger partial charge < -0.3 is 52.1 Å². The molecule has 324 valence electrons. The van der Waals surface area contributed by atoms with Crippen molar-refractivity contribution < 1.29 is 52.1 Å². The summed E-state index contributed by atoms with van der Waals surface area (Å²) in [6, 6.07) is 8.45. The fourth-order valence-electron chi connectivity index (χ4n) is 5.50. The quantitative estimate of drug-likeness (QED) is 0.0597. The molecule has 1 aromatic rings. The first-order valence-corrected chi connectivity index (χ1v) is 21.9. The van der Waals surface area contributed by atoms with E-state index in [0.29, 0.717) is 132 Å². The van der Waals surface area contributed by atoms with Crippen molar-refractivity contribution in [2.45, 2.75) is 110 Å². The normalized spacial score (nSPS) is 11.5. The van der Waals surface area contributed by atoms with Crippen LogP contribution in [0.4, 0.5) is 0 Å². The van der Waals surface area contributed by atoms with Crippen LogP contribution in [-0.2, 0) is 53.8 Å². The number of ether oxygens (including phenoxy) is 11. The molecule has 11 nitrogen and oxygen atoms in total. The molecule has 1 aromatic carbocycles. The molecule has 0 spiro atoms. The maximum absolute atomic E-state index is 5.78. The molecule has 0 heterocycles. The molecule has 0 aromatic heterocycles. The number of aryl methyl sites for hydroxylation is 1. The zero-order valence-corrected chi connectivity index (χ0v) is 35.3. The maximum Gasteiger partial charge on any atom is 0.119 e. The van der Waals surface area contributed by atoms with Gasteiger partial charge in [0.25, 0.3) is 0 Å². The molecule has 55 heavy (non-hydrogen) atoms. The van der Waals surface area contributed by atoms with Gasteiger partial charge in [0, 0.05) is 6.61 Å². The van der Waals surface area contributed by atoms with Crippen molar-refractivity contribution in [1.29, 1.82) is 0 Å². The number of unbranched alkanes of at least 4 members (excludes halogenated alkanes) is 12. The van der Waals surface area contributed by atoms with Gasteiger partial charge in [-0.2, -0.15) is 0 Å². The molecule has 0 bridgehead atoms. The van der Waals surface area contributed by atoms with Gasteiger partial charge in [-0.05, 0) is 37.0 Å². The molecule has 0 radical (unpaired) electrons. The van der Waals surface area contributed by atoms with Gasteiger partial charge in [0.2, 0.25) is 0 Å². The monoisotopic (exact) mass is 787 g/mol. The highest BCUT2D eigenvalue weighted by molar-refractivity contribution is 5.27. The lowest BCUT2D eigenvalue weighted by atomic mass is 10.0. The first-order valence-electron chi connectivity index (χ1n) is 21.9. The Kier molecular flexibility index (Phi) is 42.6. The second-order valence-electron chi connectivity index (χ2n) is 13.6. The third-order valence-corrected chi connectivity index (χ3v) is 8.73. The van der Waals surface area contributed by atoms with Gasteiger partial charge in [0.15, 0.2) is 0 Å². The molecule has 0 unspecified atom stereocenters. The Morgan fingerprint density at radius 2 is 0.545 bits per heavy atom. The van der Waals surface area contributed by atoms with Crippen molar-refractivity contribution in [1.82, 2.24) is 0 Å². The third kappa shape index (κ3) is 40.6. The van der Waals surface area contributed by atoms with Crippen molar-refractivity contribution in [2.75, 3.05) is 139 Å². The number of benzene rings is 1. The van der Waals surface area contributed by atoms with Crippen molar-refractivity contribution >= 4 is 0 Å². The van der Waals surface area contributed by atoms with Gasteiger partial charge in [0.05, 0.1) is 126 Å². The Morgan fingerprint density at radius 1 is 0.273 bits per heavy atom. The van der Waals surface area contributed by atoms with Gasteiger partial charge in [-0.25, -0.2) is 0 Å². The molecule has 0 aliphatic carbocycles. The second-order valence-corrected chi connectivity index (χ2v) is 13.6. The molecule has 0 amide bonds. The fraction of sp³-hybridized carbons (Fsp3) is 0.864. The summed E-state index contributed by atoms with van der Waals surface area (Å²) in [6.07, 6.45) is 19.6. The summed E-state index contributed by atoms with van der Waals surface area (Å²) in [7, 11) is 0. The molecule has 0 fully saturated rings. The van der Waals surface area contributed by atoms with Crippen LogP contribution in [0.3, 0.4) is 0 Å². The molecule has 0 saturated carbocycles. The van der Waals surface area contributed by atoms with Gasteiger partial charge in [-0.15, -0.1) is 0 Å². The summed E-state index contributed by atoms with van der Waals surface area (Å²) < 4.78 is 61.3. The van der Waals surface area contributed by atoms with Gasteiger partial charge >= 0.3 is 0 Å². The number of hydrogen-bond donors (Lipinski definition) is 0. The Labute approximate surface area is 336 Å². The van der Waals surface area contributed by atoms with E-state index >= 15 is 0 Å². The zero-order valence-electron chi connectivity index (χ0n) is 35.3. The van der Waals surface area contributed by atoms with Gasteiger partial charge in [-0.1, -0.05) is 103 Å². The van der Waals surface area contributed by atoms with E-state index in [2.05, 4.69) is 38.1 Å². The van der Waals surface area contributed by atoms with Crippen LogP contribution in [0.1, 0.15) is 109 Å². The lowest BCUT2D eigenvalue weighted by Gasteiger charge is -2.09. The predicted molar refractivity (Wildman–Crippen MR) is 220 cm³/mol. The highest BCUT2D eigenvalue weighted by Gasteiger charge is 2.00. The van der Waals surface area contributed by atoms with E-state index in [1.54, 1.807) is 0 Å². The van der Waals surface area contributed by atoms with E-state index in [-0.39, 0.29) is 0 Å². The lowest BCUT2D eigenvalue weighted by molar-refractivity contribution is -0.0267. The van der Waals surface area contributed by atoms with Crippen molar-refractivity contribution in [3.05, 3.63) is 29.8 Å². The van der Waals surface area contributed by atoms with E-state index in [1.807, 2.05) is 0 Å². The molecule has 0 atom stereocenters. The first-order chi connectivity index (χ1) is 27.4. The Balaban J connectivity index is 1.66. The van der Waals surface area contributed by atoms with Crippen molar-refractivity contribution in [2.24, 2.45) is 0 Å². The first kappa shape index (κ1) is 51.6. The lowest BCUT2D eigenvalue weighted by Crippen LogP contribution is -2.15. The summed E-state index contributed by atoms with van der Waals surface area (Å²) >= 11 is 0. The summed E-state index contributed by atoms with van der Waals surface area (Å²) in [6.45, 7) is 16.2. The van der Waals surface area contributed by atoms with Gasteiger partial charge in [-0.3, -0.25) is 0 Å². The number of hydrogen-bond acceptors (Lipinski definition) is 11. The largest absolute Gasteiger partial charge is 0.491 e.